The fraction of sp³-hybridized carbons (Fsp3) is 0.474. The number of tetrazole rings is 1. The highest BCUT2D eigenvalue weighted by atomic mass is 79.9. The molecule has 1 aromatic carbocycles. The van der Waals surface area contributed by atoms with E-state index in [9.17, 15) is 4.79 Å². The van der Waals surface area contributed by atoms with Crippen molar-refractivity contribution in [3.05, 3.63) is 33.4 Å². The van der Waals surface area contributed by atoms with Crippen molar-refractivity contribution in [2.75, 3.05) is 19.0 Å². The van der Waals surface area contributed by atoms with Gasteiger partial charge < -0.3 is 14.8 Å². The number of ether oxygens (including phenoxy) is 2. The molecule has 2 aliphatic rings. The number of hydrogen-bond acceptors (Lipinski definition) is 7. The number of aromatic nitrogens is 4. The third-order valence-corrected chi connectivity index (χ3v) is 5.64. The summed E-state index contributed by atoms with van der Waals surface area (Å²) < 4.78 is 13.6. The highest BCUT2D eigenvalue weighted by Gasteiger charge is 2.42. The molecule has 0 amide bonds. The van der Waals surface area contributed by atoms with E-state index in [4.69, 9.17) is 9.47 Å². The number of ketones is 1. The van der Waals surface area contributed by atoms with Gasteiger partial charge in [-0.3, -0.25) is 4.79 Å². The first-order valence-electron chi connectivity index (χ1n) is 9.16. The number of carbonyl (C=O) groups is 1. The van der Waals surface area contributed by atoms with E-state index in [-0.39, 0.29) is 11.2 Å². The van der Waals surface area contributed by atoms with Gasteiger partial charge in [0.2, 0.25) is 5.95 Å². The molecule has 8 nitrogen and oxygen atoms in total. The van der Waals surface area contributed by atoms with Crippen molar-refractivity contribution >= 4 is 27.7 Å². The number of nitrogens with zero attached hydrogens (tertiary/aromatic N) is 4. The van der Waals surface area contributed by atoms with Crippen molar-refractivity contribution < 1.29 is 14.3 Å². The summed E-state index contributed by atoms with van der Waals surface area (Å²) in [5.74, 6) is 1.85. The van der Waals surface area contributed by atoms with Crippen molar-refractivity contribution in [3.8, 4) is 11.5 Å². The van der Waals surface area contributed by atoms with Crippen molar-refractivity contribution in [1.29, 1.82) is 0 Å². The standard InChI is InChI=1S/C19H22BrN5O3/c1-5-28-17-11(20)6-10(7-14(17)27-4)16-15-12(8-19(2,3)9-13(15)26)21-18-22-23-24-25(16)18/h6-7,16H,5,8-9H2,1-4H3,(H,21,22,24). The van der Waals surface area contributed by atoms with Crippen molar-refractivity contribution in [3.63, 3.8) is 0 Å². The number of halogens is 1. The fourth-order valence-corrected chi connectivity index (χ4v) is 4.53. The SMILES string of the molecule is CCOc1c(Br)cc(C2C3=C(CC(C)(C)CC3=O)Nc3nnnn32)cc1OC. The zero-order valence-corrected chi connectivity index (χ0v) is 17.8. The molecule has 28 heavy (non-hydrogen) atoms. The summed E-state index contributed by atoms with van der Waals surface area (Å²) in [6, 6.07) is 3.40. The Bertz CT molecular complexity index is 982. The molecule has 0 fully saturated rings. The van der Waals surface area contributed by atoms with Crippen LogP contribution in [0.1, 0.15) is 45.2 Å². The van der Waals surface area contributed by atoms with Crippen LogP contribution in [0.4, 0.5) is 5.95 Å². The zero-order chi connectivity index (χ0) is 20.1. The molecule has 9 heteroatoms. The molecule has 1 aromatic heterocycles. The van der Waals surface area contributed by atoms with Gasteiger partial charge in [0.05, 0.1) is 18.2 Å². The number of nitrogens with one attached hydrogen (secondary N) is 1. The van der Waals surface area contributed by atoms with E-state index in [1.807, 2.05) is 19.1 Å². The normalized spacial score (nSPS) is 20.3. The molecule has 0 saturated heterocycles. The van der Waals surface area contributed by atoms with E-state index in [1.54, 1.807) is 11.8 Å². The van der Waals surface area contributed by atoms with Gasteiger partial charge in [-0.15, -0.1) is 0 Å². The second-order valence-corrected chi connectivity index (χ2v) is 8.63. The van der Waals surface area contributed by atoms with E-state index in [2.05, 4.69) is 50.6 Å². The first-order valence-corrected chi connectivity index (χ1v) is 9.95. The Labute approximate surface area is 171 Å². The molecule has 1 atom stereocenters. The monoisotopic (exact) mass is 447 g/mol. The van der Waals surface area contributed by atoms with Crippen molar-refractivity contribution in [2.45, 2.75) is 39.7 Å². The van der Waals surface area contributed by atoms with Crippen LogP contribution >= 0.6 is 15.9 Å². The predicted octanol–water partition coefficient (Wildman–Crippen LogP) is 3.50. The Balaban J connectivity index is 1.90. The summed E-state index contributed by atoms with van der Waals surface area (Å²) in [6.07, 6.45) is 1.24. The van der Waals surface area contributed by atoms with Gasteiger partial charge in [-0.2, -0.15) is 4.68 Å². The summed E-state index contributed by atoms with van der Waals surface area (Å²) in [7, 11) is 1.60. The number of Topliss-reactive ketones (excluding diaryl/α,β-unsaturated/α-hetero) is 1. The molecule has 0 spiro atoms. The highest BCUT2D eigenvalue weighted by molar-refractivity contribution is 9.10. The maximum atomic E-state index is 13.1. The second-order valence-electron chi connectivity index (χ2n) is 7.77. The summed E-state index contributed by atoms with van der Waals surface area (Å²) in [5, 5.41) is 15.3. The number of carbonyl (C=O) groups excluding carboxylic acids is 1. The lowest BCUT2D eigenvalue weighted by molar-refractivity contribution is -0.118. The number of benzene rings is 1. The average Bonchev–Trinajstić information content (AvgIpc) is 3.08. The van der Waals surface area contributed by atoms with Crippen LogP contribution in [-0.2, 0) is 4.79 Å². The molecule has 1 aliphatic carbocycles. The molecule has 1 unspecified atom stereocenters. The summed E-state index contributed by atoms with van der Waals surface area (Å²) >= 11 is 3.58. The summed E-state index contributed by atoms with van der Waals surface area (Å²) in [6.45, 7) is 6.63. The Morgan fingerprint density at radius 2 is 2.14 bits per heavy atom. The third kappa shape index (κ3) is 3.07. The minimum Gasteiger partial charge on any atom is -0.493 e. The highest BCUT2D eigenvalue weighted by Crippen LogP contribution is 2.47. The quantitative estimate of drug-likeness (QED) is 0.766. The number of fused-ring (bicyclic) bond motifs is 1. The molecule has 148 valence electrons. The fourth-order valence-electron chi connectivity index (χ4n) is 3.96. The van der Waals surface area contributed by atoms with Crippen LogP contribution < -0.4 is 14.8 Å². The Hall–Kier alpha value is -2.42. The van der Waals surface area contributed by atoms with Crippen LogP contribution in [-0.4, -0.2) is 39.7 Å². The van der Waals surface area contributed by atoms with Crippen LogP contribution in [0.2, 0.25) is 0 Å². The zero-order valence-electron chi connectivity index (χ0n) is 16.2. The smallest absolute Gasteiger partial charge is 0.248 e. The van der Waals surface area contributed by atoms with Gasteiger partial charge in [0.1, 0.15) is 6.04 Å². The summed E-state index contributed by atoms with van der Waals surface area (Å²) in [5.41, 5.74) is 2.33. The van der Waals surface area contributed by atoms with Gasteiger partial charge in [-0.25, -0.2) is 0 Å². The largest absolute Gasteiger partial charge is 0.493 e. The van der Waals surface area contributed by atoms with Gasteiger partial charge in [0, 0.05) is 17.7 Å². The first kappa shape index (κ1) is 18.9. The van der Waals surface area contributed by atoms with E-state index < -0.39 is 6.04 Å². The van der Waals surface area contributed by atoms with Crippen molar-refractivity contribution in [1.82, 2.24) is 20.2 Å². The van der Waals surface area contributed by atoms with Gasteiger partial charge in [0.25, 0.3) is 0 Å². The molecule has 1 N–H and O–H groups in total. The van der Waals surface area contributed by atoms with E-state index in [0.29, 0.717) is 36.0 Å². The minimum atomic E-state index is -0.425. The Morgan fingerprint density at radius 1 is 1.36 bits per heavy atom. The topological polar surface area (TPSA) is 91.2 Å². The number of anilines is 1. The van der Waals surface area contributed by atoms with Crippen LogP contribution in [0.15, 0.2) is 27.9 Å². The molecule has 1 aliphatic heterocycles. The summed E-state index contributed by atoms with van der Waals surface area (Å²) in [4.78, 5) is 13.1. The van der Waals surface area contributed by atoms with Gasteiger partial charge >= 0.3 is 0 Å². The molecule has 2 heterocycles. The maximum Gasteiger partial charge on any atom is 0.248 e. The van der Waals surface area contributed by atoms with Crippen LogP contribution in [0.25, 0.3) is 0 Å². The van der Waals surface area contributed by atoms with E-state index in [0.717, 1.165) is 22.2 Å². The molecule has 0 bridgehead atoms. The molecule has 0 saturated carbocycles. The number of methoxy groups -OCH3 is 1. The number of rotatable bonds is 4. The number of hydrogen-bond donors (Lipinski definition) is 1. The van der Waals surface area contributed by atoms with Crippen LogP contribution in [0, 0.1) is 5.41 Å². The molecule has 0 radical (unpaired) electrons. The molecule has 2 aromatic rings. The molecular weight excluding hydrogens is 426 g/mol. The maximum absolute atomic E-state index is 13.1. The van der Waals surface area contributed by atoms with Gasteiger partial charge in [0.15, 0.2) is 17.3 Å². The van der Waals surface area contributed by atoms with E-state index in [1.165, 1.54) is 0 Å². The lowest BCUT2D eigenvalue weighted by Crippen LogP contribution is -2.36. The van der Waals surface area contributed by atoms with Gasteiger partial charge in [-0.05, 0) is 62.8 Å². The first-order chi connectivity index (χ1) is 13.3. The second kappa shape index (κ2) is 6.88. The van der Waals surface area contributed by atoms with Crippen LogP contribution in [0.5, 0.6) is 11.5 Å². The lowest BCUT2D eigenvalue weighted by atomic mass is 9.73. The number of allylic oxidation sites excluding steroid dienone is 2. The third-order valence-electron chi connectivity index (χ3n) is 5.05. The minimum absolute atomic E-state index is 0.105. The average molecular weight is 448 g/mol. The van der Waals surface area contributed by atoms with Crippen molar-refractivity contribution in [2.24, 2.45) is 5.41 Å². The molecule has 4 rings (SSSR count). The molecular formula is C19H22BrN5O3. The predicted molar refractivity (Wildman–Crippen MR) is 106 cm³/mol. The Morgan fingerprint density at radius 3 is 2.86 bits per heavy atom. The Kier molecular flexibility index (Phi) is 4.65. The lowest BCUT2D eigenvalue weighted by Gasteiger charge is -2.38. The van der Waals surface area contributed by atoms with E-state index >= 15 is 0 Å². The van der Waals surface area contributed by atoms with Crippen LogP contribution in [0.3, 0.4) is 0 Å². The van der Waals surface area contributed by atoms with Gasteiger partial charge in [-0.1, -0.05) is 18.9 Å².